The number of benzene rings is 1. The third-order valence-electron chi connectivity index (χ3n) is 7.51. The molecule has 11 heteroatoms. The van der Waals surface area contributed by atoms with Gasteiger partial charge in [0.2, 0.25) is 5.91 Å². The number of methoxy groups -OCH3 is 1. The van der Waals surface area contributed by atoms with Gasteiger partial charge in [0.25, 0.3) is 5.91 Å². The summed E-state index contributed by atoms with van der Waals surface area (Å²) in [6.45, 7) is 3.52. The van der Waals surface area contributed by atoms with Crippen molar-refractivity contribution in [3.8, 4) is 11.5 Å². The molecule has 4 bridgehead atoms. The van der Waals surface area contributed by atoms with Gasteiger partial charge in [-0.3, -0.25) is 9.59 Å². The van der Waals surface area contributed by atoms with Crippen LogP contribution in [-0.2, 0) is 9.59 Å². The van der Waals surface area contributed by atoms with E-state index in [4.69, 9.17) is 9.47 Å². The molecule has 38 heavy (non-hydrogen) atoms. The predicted molar refractivity (Wildman–Crippen MR) is 145 cm³/mol. The third-order valence-corrected chi connectivity index (χ3v) is 7.51. The van der Waals surface area contributed by atoms with Crippen molar-refractivity contribution in [3.05, 3.63) is 36.3 Å². The molecule has 4 aliphatic rings. The minimum absolute atomic E-state index is 0.114. The van der Waals surface area contributed by atoms with Gasteiger partial charge in [0, 0.05) is 63.6 Å². The van der Waals surface area contributed by atoms with Gasteiger partial charge in [-0.25, -0.2) is 9.97 Å². The number of carbonyl (C=O) groups is 2. The summed E-state index contributed by atoms with van der Waals surface area (Å²) in [4.78, 5) is 40.9. The highest BCUT2D eigenvalue weighted by atomic mass is 16.5. The van der Waals surface area contributed by atoms with Crippen molar-refractivity contribution in [2.45, 2.75) is 31.7 Å². The standard InChI is InChI=1S/C27H35N7O4/c1-32-12-13-33(2)23(35)5-4-14-38-22-15-18(6-7-21(22)37-3)28-16-20-24-25(31-27(20)36)29-17-30-26(24)34-10-8-19(32)9-11-34/h6-7,15-17,19,28H,4-5,8-14H2,1-3H3,(H,29,30,31,36)/b20-16-. The van der Waals surface area contributed by atoms with Crippen LogP contribution in [0.1, 0.15) is 31.2 Å². The molecule has 2 N–H and O–H groups in total. The molecule has 11 nitrogen and oxygen atoms in total. The Morgan fingerprint density at radius 1 is 1.08 bits per heavy atom. The van der Waals surface area contributed by atoms with Gasteiger partial charge in [0.1, 0.15) is 18.0 Å². The van der Waals surface area contributed by atoms with E-state index in [0.717, 1.165) is 44.0 Å². The van der Waals surface area contributed by atoms with E-state index in [9.17, 15) is 9.59 Å². The van der Waals surface area contributed by atoms with Gasteiger partial charge in [0.05, 0.1) is 24.9 Å². The maximum atomic E-state index is 12.9. The van der Waals surface area contributed by atoms with E-state index in [1.165, 1.54) is 6.33 Å². The van der Waals surface area contributed by atoms with Gasteiger partial charge in [-0.15, -0.1) is 0 Å². The highest BCUT2D eigenvalue weighted by Crippen LogP contribution is 2.38. The minimum atomic E-state index is -0.221. The maximum Gasteiger partial charge on any atom is 0.259 e. The molecule has 0 unspecified atom stereocenters. The van der Waals surface area contributed by atoms with Crippen molar-refractivity contribution >= 4 is 34.7 Å². The number of likely N-dealkylation sites (N-methyl/N-ethyl adjacent to an activating group) is 2. The summed E-state index contributed by atoms with van der Waals surface area (Å²) in [5.74, 6) is 2.34. The largest absolute Gasteiger partial charge is 0.493 e. The first-order chi connectivity index (χ1) is 18.4. The van der Waals surface area contributed by atoms with Crippen molar-refractivity contribution < 1.29 is 19.1 Å². The second kappa shape index (κ2) is 11.3. The van der Waals surface area contributed by atoms with E-state index in [0.29, 0.717) is 60.5 Å². The first-order valence-corrected chi connectivity index (χ1v) is 13.1. The molecule has 1 fully saturated rings. The lowest BCUT2D eigenvalue weighted by Crippen LogP contribution is -2.46. The van der Waals surface area contributed by atoms with Crippen molar-refractivity contribution in [2.75, 3.05) is 69.5 Å². The molecule has 2 aromatic rings. The molecule has 1 aromatic heterocycles. The zero-order valence-corrected chi connectivity index (χ0v) is 22.2. The van der Waals surface area contributed by atoms with Gasteiger partial charge in [-0.2, -0.15) is 0 Å². The number of nitrogens with zero attached hydrogens (tertiary/aromatic N) is 5. The Labute approximate surface area is 222 Å². The van der Waals surface area contributed by atoms with Gasteiger partial charge in [0.15, 0.2) is 11.5 Å². The summed E-state index contributed by atoms with van der Waals surface area (Å²) in [6.07, 6.45) is 6.15. The summed E-state index contributed by atoms with van der Waals surface area (Å²) in [6, 6.07) is 5.91. The zero-order valence-electron chi connectivity index (χ0n) is 22.2. The molecule has 4 aliphatic heterocycles. The minimum Gasteiger partial charge on any atom is -0.493 e. The summed E-state index contributed by atoms with van der Waals surface area (Å²) >= 11 is 0. The fraction of sp³-hybridized carbons (Fsp3) is 0.481. The lowest BCUT2D eigenvalue weighted by molar-refractivity contribution is -0.130. The Hall–Kier alpha value is -3.86. The highest BCUT2D eigenvalue weighted by Gasteiger charge is 2.33. The first kappa shape index (κ1) is 25.8. The summed E-state index contributed by atoms with van der Waals surface area (Å²) in [7, 11) is 5.58. The van der Waals surface area contributed by atoms with Crippen molar-refractivity contribution in [1.29, 1.82) is 0 Å². The zero-order chi connectivity index (χ0) is 26.6. The molecule has 0 aliphatic carbocycles. The van der Waals surface area contributed by atoms with Crippen LogP contribution in [0.3, 0.4) is 0 Å². The van der Waals surface area contributed by atoms with Crippen molar-refractivity contribution in [1.82, 2.24) is 19.8 Å². The van der Waals surface area contributed by atoms with Crippen LogP contribution in [0.2, 0.25) is 0 Å². The molecular weight excluding hydrogens is 486 g/mol. The smallest absolute Gasteiger partial charge is 0.259 e. The number of ether oxygens (including phenoxy) is 2. The van der Waals surface area contributed by atoms with E-state index in [-0.39, 0.29) is 11.8 Å². The molecule has 0 atom stereocenters. The summed E-state index contributed by atoms with van der Waals surface area (Å²) in [5.41, 5.74) is 1.94. The van der Waals surface area contributed by atoms with Crippen LogP contribution < -0.4 is 25.0 Å². The van der Waals surface area contributed by atoms with Crippen LogP contribution in [0.15, 0.2) is 30.7 Å². The molecule has 0 saturated carbocycles. The van der Waals surface area contributed by atoms with Crippen LogP contribution >= 0.6 is 0 Å². The molecule has 6 rings (SSSR count). The number of fused-ring (bicyclic) bond motifs is 11. The molecule has 202 valence electrons. The number of amides is 2. The quantitative estimate of drug-likeness (QED) is 0.584. The molecular formula is C27H35N7O4. The van der Waals surface area contributed by atoms with Gasteiger partial charge in [-0.05, 0) is 38.4 Å². The second-order valence-electron chi connectivity index (χ2n) is 9.91. The predicted octanol–water partition coefficient (Wildman–Crippen LogP) is 2.42. The van der Waals surface area contributed by atoms with E-state index in [1.807, 2.05) is 25.2 Å². The number of nitrogens with one attached hydrogen (secondary N) is 2. The van der Waals surface area contributed by atoms with Crippen molar-refractivity contribution in [3.63, 3.8) is 0 Å². The Morgan fingerprint density at radius 3 is 2.68 bits per heavy atom. The number of hydrogen-bond acceptors (Lipinski definition) is 9. The van der Waals surface area contributed by atoms with Crippen LogP contribution in [0, 0.1) is 0 Å². The van der Waals surface area contributed by atoms with E-state index in [2.05, 4.69) is 37.4 Å². The molecule has 0 radical (unpaired) electrons. The molecule has 5 heterocycles. The normalized spacial score (nSPS) is 21.0. The van der Waals surface area contributed by atoms with Gasteiger partial charge < -0.3 is 34.8 Å². The van der Waals surface area contributed by atoms with Crippen LogP contribution in [0.25, 0.3) is 5.57 Å². The number of aromatic nitrogens is 2. The fourth-order valence-corrected chi connectivity index (χ4v) is 5.15. The van der Waals surface area contributed by atoms with Crippen molar-refractivity contribution in [2.24, 2.45) is 0 Å². The molecule has 0 spiro atoms. The number of piperidine rings is 1. The van der Waals surface area contributed by atoms with Crippen LogP contribution in [-0.4, -0.2) is 91.6 Å². The maximum absolute atomic E-state index is 12.9. The fourth-order valence-electron chi connectivity index (χ4n) is 5.15. The number of anilines is 3. The second-order valence-corrected chi connectivity index (χ2v) is 9.91. The van der Waals surface area contributed by atoms with Crippen LogP contribution in [0.5, 0.6) is 11.5 Å². The Kier molecular flexibility index (Phi) is 7.64. The Balaban J connectivity index is 1.46. The average molecular weight is 522 g/mol. The number of rotatable bonds is 1. The number of carbonyl (C=O) groups excluding carboxylic acids is 2. The van der Waals surface area contributed by atoms with Gasteiger partial charge in [-0.1, -0.05) is 0 Å². The summed E-state index contributed by atoms with van der Waals surface area (Å²) < 4.78 is 11.4. The first-order valence-electron chi connectivity index (χ1n) is 13.1. The van der Waals surface area contributed by atoms with E-state index in [1.54, 1.807) is 18.2 Å². The van der Waals surface area contributed by atoms with E-state index >= 15 is 0 Å². The number of hydrogen-bond donors (Lipinski definition) is 2. The van der Waals surface area contributed by atoms with Crippen LogP contribution in [0.4, 0.5) is 17.3 Å². The molecule has 2 amide bonds. The average Bonchev–Trinajstić information content (AvgIpc) is 3.27. The SMILES string of the molecule is COc1ccc2cc1OCCCC(=O)N(C)CCN(C)C1CCN(CC1)c1ncnc3c1/C(=C/N2)C(=O)N3. The third kappa shape index (κ3) is 5.38. The lowest BCUT2D eigenvalue weighted by Gasteiger charge is -2.38. The Morgan fingerprint density at radius 2 is 1.89 bits per heavy atom. The highest BCUT2D eigenvalue weighted by molar-refractivity contribution is 6.32. The molecule has 1 saturated heterocycles. The Bertz CT molecular complexity index is 1230. The van der Waals surface area contributed by atoms with E-state index < -0.39 is 0 Å². The lowest BCUT2D eigenvalue weighted by atomic mass is 10.0. The van der Waals surface area contributed by atoms with Gasteiger partial charge >= 0.3 is 0 Å². The topological polar surface area (TPSA) is 112 Å². The summed E-state index contributed by atoms with van der Waals surface area (Å²) in [5, 5.41) is 6.11. The molecule has 1 aromatic carbocycles. The monoisotopic (exact) mass is 521 g/mol.